The molecule has 1 amide bonds. The SMILES string of the molecule is CN(C(=O)COc1cccc(CN)c1)C1CC1. The van der Waals surface area contributed by atoms with E-state index in [1.165, 1.54) is 0 Å². The number of nitrogens with zero attached hydrogens (tertiary/aromatic N) is 1. The van der Waals surface area contributed by atoms with Crippen molar-refractivity contribution in [1.82, 2.24) is 4.90 Å². The van der Waals surface area contributed by atoms with Crippen LogP contribution in [-0.4, -0.2) is 30.5 Å². The van der Waals surface area contributed by atoms with E-state index in [1.54, 1.807) is 4.90 Å². The first-order chi connectivity index (χ1) is 8.20. The lowest BCUT2D eigenvalue weighted by molar-refractivity contribution is -0.132. The molecule has 2 rings (SSSR count). The molecule has 1 aliphatic carbocycles. The van der Waals surface area contributed by atoms with E-state index in [2.05, 4.69) is 0 Å². The largest absolute Gasteiger partial charge is 0.484 e. The summed E-state index contributed by atoms with van der Waals surface area (Å²) in [7, 11) is 1.83. The number of benzene rings is 1. The van der Waals surface area contributed by atoms with Crippen LogP contribution in [0.1, 0.15) is 18.4 Å². The van der Waals surface area contributed by atoms with Crippen molar-refractivity contribution in [2.75, 3.05) is 13.7 Å². The molecule has 17 heavy (non-hydrogen) atoms. The Morgan fingerprint density at radius 3 is 2.94 bits per heavy atom. The summed E-state index contributed by atoms with van der Waals surface area (Å²) in [5.41, 5.74) is 6.55. The number of rotatable bonds is 5. The fourth-order valence-electron chi connectivity index (χ4n) is 1.67. The number of nitrogens with two attached hydrogens (primary N) is 1. The van der Waals surface area contributed by atoms with E-state index in [1.807, 2.05) is 31.3 Å². The van der Waals surface area contributed by atoms with Crippen molar-refractivity contribution in [3.05, 3.63) is 29.8 Å². The molecule has 1 aromatic rings. The third kappa shape index (κ3) is 3.20. The van der Waals surface area contributed by atoms with Crippen LogP contribution in [0.25, 0.3) is 0 Å². The van der Waals surface area contributed by atoms with Crippen LogP contribution in [0.2, 0.25) is 0 Å². The van der Waals surface area contributed by atoms with Crippen molar-refractivity contribution in [1.29, 1.82) is 0 Å². The zero-order valence-corrected chi connectivity index (χ0v) is 10.1. The number of ether oxygens (including phenoxy) is 1. The molecule has 0 saturated heterocycles. The van der Waals surface area contributed by atoms with E-state index < -0.39 is 0 Å². The Balaban J connectivity index is 1.85. The van der Waals surface area contributed by atoms with E-state index in [0.717, 1.165) is 18.4 Å². The molecule has 0 radical (unpaired) electrons. The standard InChI is InChI=1S/C13H18N2O2/c1-15(11-5-6-11)13(16)9-17-12-4-2-3-10(7-12)8-14/h2-4,7,11H,5-6,8-9,14H2,1H3. The van der Waals surface area contributed by atoms with Crippen molar-refractivity contribution in [2.24, 2.45) is 5.73 Å². The lowest BCUT2D eigenvalue weighted by Crippen LogP contribution is -2.33. The van der Waals surface area contributed by atoms with Gasteiger partial charge in [-0.3, -0.25) is 4.79 Å². The maximum absolute atomic E-state index is 11.7. The Bertz CT molecular complexity index is 402. The van der Waals surface area contributed by atoms with Crippen molar-refractivity contribution < 1.29 is 9.53 Å². The highest BCUT2D eigenvalue weighted by Crippen LogP contribution is 2.25. The molecular formula is C13H18N2O2. The molecule has 0 bridgehead atoms. The Hall–Kier alpha value is -1.55. The third-order valence-electron chi connectivity index (χ3n) is 2.98. The molecule has 0 unspecified atom stereocenters. The molecule has 1 saturated carbocycles. The predicted octanol–water partition coefficient (Wildman–Crippen LogP) is 1.14. The summed E-state index contributed by atoms with van der Waals surface area (Å²) in [4.78, 5) is 13.5. The van der Waals surface area contributed by atoms with E-state index in [9.17, 15) is 4.79 Å². The van der Waals surface area contributed by atoms with Gasteiger partial charge >= 0.3 is 0 Å². The second kappa shape index (κ2) is 5.19. The summed E-state index contributed by atoms with van der Waals surface area (Å²) in [5.74, 6) is 0.733. The highest BCUT2D eigenvalue weighted by atomic mass is 16.5. The highest BCUT2D eigenvalue weighted by molar-refractivity contribution is 5.78. The maximum atomic E-state index is 11.7. The first-order valence-electron chi connectivity index (χ1n) is 5.88. The van der Waals surface area contributed by atoms with Gasteiger partial charge in [0.1, 0.15) is 5.75 Å². The Morgan fingerprint density at radius 1 is 1.53 bits per heavy atom. The van der Waals surface area contributed by atoms with Crippen molar-refractivity contribution in [3.63, 3.8) is 0 Å². The quantitative estimate of drug-likeness (QED) is 0.831. The molecule has 0 aliphatic heterocycles. The van der Waals surface area contributed by atoms with Gasteiger partial charge in [-0.1, -0.05) is 12.1 Å². The van der Waals surface area contributed by atoms with Crippen LogP contribution in [-0.2, 0) is 11.3 Å². The molecule has 4 heteroatoms. The van der Waals surface area contributed by atoms with Crippen LogP contribution in [0, 0.1) is 0 Å². The fourth-order valence-corrected chi connectivity index (χ4v) is 1.67. The Labute approximate surface area is 101 Å². The average Bonchev–Trinajstić information content (AvgIpc) is 3.19. The first kappa shape index (κ1) is 11.9. The van der Waals surface area contributed by atoms with Gasteiger partial charge in [0.15, 0.2) is 6.61 Å². The minimum atomic E-state index is 0.0330. The highest BCUT2D eigenvalue weighted by Gasteiger charge is 2.29. The number of carbonyl (C=O) groups excluding carboxylic acids is 1. The second-order valence-corrected chi connectivity index (χ2v) is 4.38. The molecule has 0 atom stereocenters. The van der Waals surface area contributed by atoms with Crippen molar-refractivity contribution >= 4 is 5.91 Å². The van der Waals surface area contributed by atoms with Crippen molar-refractivity contribution in [2.45, 2.75) is 25.4 Å². The monoisotopic (exact) mass is 234 g/mol. The first-order valence-corrected chi connectivity index (χ1v) is 5.88. The van der Waals surface area contributed by atoms with Gasteiger partial charge in [0.2, 0.25) is 0 Å². The van der Waals surface area contributed by atoms with Gasteiger partial charge in [-0.05, 0) is 30.5 Å². The zero-order chi connectivity index (χ0) is 12.3. The topological polar surface area (TPSA) is 55.6 Å². The van der Waals surface area contributed by atoms with Crippen LogP contribution in [0.15, 0.2) is 24.3 Å². The Kier molecular flexibility index (Phi) is 3.64. The molecule has 1 aromatic carbocycles. The summed E-state index contributed by atoms with van der Waals surface area (Å²) in [5, 5.41) is 0. The molecule has 4 nitrogen and oxygen atoms in total. The number of likely N-dealkylation sites (N-methyl/N-ethyl adjacent to an activating group) is 1. The van der Waals surface area contributed by atoms with Crippen LogP contribution < -0.4 is 10.5 Å². The molecule has 1 aliphatic rings. The zero-order valence-electron chi connectivity index (χ0n) is 10.1. The lowest BCUT2D eigenvalue weighted by atomic mass is 10.2. The summed E-state index contributed by atoms with van der Waals surface area (Å²) in [6.07, 6.45) is 2.23. The van der Waals surface area contributed by atoms with Crippen LogP contribution in [0.5, 0.6) is 5.75 Å². The molecule has 0 aromatic heterocycles. The summed E-state index contributed by atoms with van der Waals surface area (Å²) < 4.78 is 5.46. The molecule has 0 spiro atoms. The molecule has 0 heterocycles. The van der Waals surface area contributed by atoms with Gasteiger partial charge in [0.25, 0.3) is 5.91 Å². The van der Waals surface area contributed by atoms with Crippen LogP contribution in [0.4, 0.5) is 0 Å². The fraction of sp³-hybridized carbons (Fsp3) is 0.462. The van der Waals surface area contributed by atoms with E-state index in [-0.39, 0.29) is 12.5 Å². The van der Waals surface area contributed by atoms with Gasteiger partial charge in [-0.15, -0.1) is 0 Å². The van der Waals surface area contributed by atoms with E-state index >= 15 is 0 Å². The molecular weight excluding hydrogens is 216 g/mol. The van der Waals surface area contributed by atoms with Crippen molar-refractivity contribution in [3.8, 4) is 5.75 Å². The van der Waals surface area contributed by atoms with E-state index in [0.29, 0.717) is 18.3 Å². The van der Waals surface area contributed by atoms with Crippen LogP contribution >= 0.6 is 0 Å². The second-order valence-electron chi connectivity index (χ2n) is 4.38. The number of carbonyl (C=O) groups is 1. The number of hydrogen-bond acceptors (Lipinski definition) is 3. The average molecular weight is 234 g/mol. The third-order valence-corrected chi connectivity index (χ3v) is 2.98. The smallest absolute Gasteiger partial charge is 0.260 e. The van der Waals surface area contributed by atoms with Gasteiger partial charge < -0.3 is 15.4 Å². The maximum Gasteiger partial charge on any atom is 0.260 e. The minimum Gasteiger partial charge on any atom is -0.484 e. The van der Waals surface area contributed by atoms with Gasteiger partial charge in [0, 0.05) is 19.6 Å². The molecule has 1 fully saturated rings. The van der Waals surface area contributed by atoms with Gasteiger partial charge in [-0.2, -0.15) is 0 Å². The predicted molar refractivity (Wildman–Crippen MR) is 65.6 cm³/mol. The van der Waals surface area contributed by atoms with E-state index in [4.69, 9.17) is 10.5 Å². The minimum absolute atomic E-state index is 0.0330. The number of amides is 1. The summed E-state index contributed by atoms with van der Waals surface area (Å²) >= 11 is 0. The normalized spacial score (nSPS) is 14.5. The van der Waals surface area contributed by atoms with Gasteiger partial charge in [0.05, 0.1) is 0 Å². The summed E-state index contributed by atoms with van der Waals surface area (Å²) in [6.45, 7) is 0.578. The molecule has 92 valence electrons. The number of hydrogen-bond donors (Lipinski definition) is 1. The van der Waals surface area contributed by atoms with Gasteiger partial charge in [-0.25, -0.2) is 0 Å². The molecule has 2 N–H and O–H groups in total. The lowest BCUT2D eigenvalue weighted by Gasteiger charge is -2.16. The van der Waals surface area contributed by atoms with Crippen LogP contribution in [0.3, 0.4) is 0 Å². The summed E-state index contributed by atoms with van der Waals surface area (Å²) in [6, 6.07) is 7.95. The Morgan fingerprint density at radius 2 is 2.29 bits per heavy atom.